The third-order valence-electron chi connectivity index (χ3n) is 3.67. The van der Waals surface area contributed by atoms with Crippen LogP contribution < -0.4 is 0 Å². The monoisotopic (exact) mass is 285 g/mol. The average molecular weight is 285 g/mol. The molecular weight excluding hydrogens is 262 g/mol. The van der Waals surface area contributed by atoms with Crippen molar-refractivity contribution in [2.75, 3.05) is 6.61 Å². The molecule has 0 aromatic heterocycles. The van der Waals surface area contributed by atoms with Gasteiger partial charge in [0.05, 0.1) is 18.8 Å². The van der Waals surface area contributed by atoms with Gasteiger partial charge in [0.2, 0.25) is 0 Å². The highest BCUT2D eigenvalue weighted by Gasteiger charge is 2.22. The number of aliphatic hydroxyl groups excluding tert-OH is 2. The zero-order chi connectivity index (χ0) is 15.1. The van der Waals surface area contributed by atoms with Crippen molar-refractivity contribution in [1.29, 1.82) is 0 Å². The molecule has 0 spiro atoms. The van der Waals surface area contributed by atoms with Gasteiger partial charge >= 0.3 is 0 Å². The third kappa shape index (κ3) is 4.67. The fraction of sp³-hybridized carbons (Fsp3) is 0.333. The van der Waals surface area contributed by atoms with E-state index in [2.05, 4.69) is 29.2 Å². The third-order valence-corrected chi connectivity index (χ3v) is 3.67. The van der Waals surface area contributed by atoms with Crippen molar-refractivity contribution >= 4 is 0 Å². The molecule has 2 atom stereocenters. The first-order valence-electron chi connectivity index (χ1n) is 7.31. The van der Waals surface area contributed by atoms with E-state index in [-0.39, 0.29) is 12.6 Å². The Morgan fingerprint density at radius 3 is 1.62 bits per heavy atom. The zero-order valence-corrected chi connectivity index (χ0v) is 12.4. The second-order valence-corrected chi connectivity index (χ2v) is 5.37. The summed E-state index contributed by atoms with van der Waals surface area (Å²) in [5.41, 5.74) is 2.35. The Bertz CT molecular complexity index is 472. The molecule has 0 aliphatic carbocycles. The van der Waals surface area contributed by atoms with Crippen LogP contribution in [0.3, 0.4) is 0 Å². The molecule has 21 heavy (non-hydrogen) atoms. The first kappa shape index (κ1) is 15.7. The maximum Gasteiger partial charge on any atom is 0.0689 e. The number of hydrogen-bond acceptors (Lipinski definition) is 3. The molecule has 2 rings (SSSR count). The van der Waals surface area contributed by atoms with Gasteiger partial charge in [-0.15, -0.1) is 0 Å². The second kappa shape index (κ2) is 7.93. The maximum absolute atomic E-state index is 9.94. The van der Waals surface area contributed by atoms with Crippen molar-refractivity contribution in [1.82, 2.24) is 4.90 Å². The molecule has 0 aliphatic rings. The summed E-state index contributed by atoms with van der Waals surface area (Å²) in [7, 11) is 0. The van der Waals surface area contributed by atoms with Gasteiger partial charge in [0.15, 0.2) is 0 Å². The van der Waals surface area contributed by atoms with E-state index in [4.69, 9.17) is 0 Å². The number of hydrogen-bond donors (Lipinski definition) is 2. The van der Waals surface area contributed by atoms with Gasteiger partial charge in [0, 0.05) is 13.1 Å². The van der Waals surface area contributed by atoms with Crippen molar-refractivity contribution in [3.63, 3.8) is 0 Å². The van der Waals surface area contributed by atoms with Gasteiger partial charge < -0.3 is 10.2 Å². The summed E-state index contributed by atoms with van der Waals surface area (Å²) in [6, 6.07) is 20.0. The molecule has 0 amide bonds. The van der Waals surface area contributed by atoms with Gasteiger partial charge in [-0.25, -0.2) is 0 Å². The summed E-state index contributed by atoms with van der Waals surface area (Å²) in [5, 5.41) is 19.6. The second-order valence-electron chi connectivity index (χ2n) is 5.37. The fourth-order valence-electron chi connectivity index (χ4n) is 2.50. The first-order valence-corrected chi connectivity index (χ1v) is 7.31. The molecule has 0 unspecified atom stereocenters. The van der Waals surface area contributed by atoms with Gasteiger partial charge in [-0.05, 0) is 18.1 Å². The molecule has 2 aromatic rings. The first-order chi connectivity index (χ1) is 10.2. The average Bonchev–Trinajstić information content (AvgIpc) is 2.49. The Balaban J connectivity index is 2.17. The molecule has 2 N–H and O–H groups in total. The summed E-state index contributed by atoms with van der Waals surface area (Å²) in [6.45, 7) is 3.07. The lowest BCUT2D eigenvalue weighted by Crippen LogP contribution is -2.44. The van der Waals surface area contributed by atoms with E-state index in [1.807, 2.05) is 36.4 Å². The maximum atomic E-state index is 9.94. The molecular formula is C18H23NO2. The Morgan fingerprint density at radius 2 is 1.29 bits per heavy atom. The molecule has 3 heteroatoms. The van der Waals surface area contributed by atoms with Gasteiger partial charge in [-0.3, -0.25) is 4.90 Å². The number of rotatable bonds is 7. The van der Waals surface area contributed by atoms with Crippen molar-refractivity contribution in [2.24, 2.45) is 0 Å². The number of aliphatic hydroxyl groups is 2. The van der Waals surface area contributed by atoms with Gasteiger partial charge in [-0.2, -0.15) is 0 Å². The van der Waals surface area contributed by atoms with Crippen LogP contribution in [-0.2, 0) is 13.1 Å². The van der Waals surface area contributed by atoms with Crippen LogP contribution in [0.1, 0.15) is 18.1 Å². The lowest BCUT2D eigenvalue weighted by Gasteiger charge is -2.32. The van der Waals surface area contributed by atoms with E-state index in [9.17, 15) is 10.2 Å². The Hall–Kier alpha value is -1.68. The van der Waals surface area contributed by atoms with Crippen molar-refractivity contribution < 1.29 is 10.2 Å². The zero-order valence-electron chi connectivity index (χ0n) is 12.4. The topological polar surface area (TPSA) is 43.7 Å². The molecule has 2 aromatic carbocycles. The van der Waals surface area contributed by atoms with Crippen molar-refractivity contribution in [3.8, 4) is 0 Å². The highest BCUT2D eigenvalue weighted by Crippen LogP contribution is 2.15. The minimum atomic E-state index is -0.581. The van der Waals surface area contributed by atoms with Crippen LogP contribution in [0.4, 0.5) is 0 Å². The van der Waals surface area contributed by atoms with Crippen LogP contribution in [-0.4, -0.2) is 33.9 Å². The quantitative estimate of drug-likeness (QED) is 0.821. The molecule has 0 fully saturated rings. The molecule has 112 valence electrons. The molecule has 0 bridgehead atoms. The van der Waals surface area contributed by atoms with E-state index in [1.165, 1.54) is 11.1 Å². The summed E-state index contributed by atoms with van der Waals surface area (Å²) in [5.74, 6) is 0. The number of nitrogens with zero attached hydrogens (tertiary/aromatic N) is 1. The van der Waals surface area contributed by atoms with E-state index in [0.29, 0.717) is 13.1 Å². The Labute approximate surface area is 126 Å². The SMILES string of the molecule is C[C@H](O)[C@H](CO)N(Cc1ccccc1)Cc1ccccc1. The molecule has 0 aliphatic heterocycles. The summed E-state index contributed by atoms with van der Waals surface area (Å²) in [6.07, 6.45) is -0.581. The van der Waals surface area contributed by atoms with E-state index in [0.717, 1.165) is 0 Å². The van der Waals surface area contributed by atoms with Gasteiger partial charge in [0.1, 0.15) is 0 Å². The summed E-state index contributed by atoms with van der Waals surface area (Å²) < 4.78 is 0. The van der Waals surface area contributed by atoms with Gasteiger partial charge in [-0.1, -0.05) is 60.7 Å². The van der Waals surface area contributed by atoms with Crippen molar-refractivity contribution in [2.45, 2.75) is 32.2 Å². The molecule has 0 saturated carbocycles. The van der Waals surface area contributed by atoms with E-state index < -0.39 is 6.10 Å². The van der Waals surface area contributed by atoms with Crippen LogP contribution in [0.15, 0.2) is 60.7 Å². The fourth-order valence-corrected chi connectivity index (χ4v) is 2.50. The Kier molecular flexibility index (Phi) is 5.93. The smallest absolute Gasteiger partial charge is 0.0689 e. The largest absolute Gasteiger partial charge is 0.395 e. The van der Waals surface area contributed by atoms with E-state index >= 15 is 0 Å². The van der Waals surface area contributed by atoms with Crippen LogP contribution >= 0.6 is 0 Å². The molecule has 0 radical (unpaired) electrons. The van der Waals surface area contributed by atoms with Crippen LogP contribution in [0.5, 0.6) is 0 Å². The predicted octanol–water partition coefficient (Wildman–Crippen LogP) is 2.43. The standard InChI is InChI=1S/C18H23NO2/c1-15(21)18(14-20)19(12-16-8-4-2-5-9-16)13-17-10-6-3-7-11-17/h2-11,15,18,20-21H,12-14H2,1H3/t15-,18-/m0/s1. The minimum Gasteiger partial charge on any atom is -0.395 e. The minimum absolute atomic E-state index is 0.0582. The highest BCUT2D eigenvalue weighted by atomic mass is 16.3. The van der Waals surface area contributed by atoms with Crippen LogP contribution in [0, 0.1) is 0 Å². The predicted molar refractivity (Wildman–Crippen MR) is 84.7 cm³/mol. The van der Waals surface area contributed by atoms with E-state index in [1.54, 1.807) is 6.92 Å². The van der Waals surface area contributed by atoms with Gasteiger partial charge in [0.25, 0.3) is 0 Å². The molecule has 0 heterocycles. The van der Waals surface area contributed by atoms with Crippen molar-refractivity contribution in [3.05, 3.63) is 71.8 Å². The summed E-state index contributed by atoms with van der Waals surface area (Å²) in [4.78, 5) is 2.12. The molecule has 0 saturated heterocycles. The van der Waals surface area contributed by atoms with Crippen LogP contribution in [0.25, 0.3) is 0 Å². The summed E-state index contributed by atoms with van der Waals surface area (Å²) >= 11 is 0. The molecule has 3 nitrogen and oxygen atoms in total. The normalized spacial score (nSPS) is 14.1. The lowest BCUT2D eigenvalue weighted by molar-refractivity contribution is 0.0165. The lowest BCUT2D eigenvalue weighted by atomic mass is 10.1. The van der Waals surface area contributed by atoms with Crippen LogP contribution in [0.2, 0.25) is 0 Å². The highest BCUT2D eigenvalue weighted by molar-refractivity contribution is 5.17. The Morgan fingerprint density at radius 1 is 0.857 bits per heavy atom. The number of benzene rings is 2.